The molecule has 1 aliphatic rings. The lowest BCUT2D eigenvalue weighted by atomic mass is 9.70. The number of esters is 1. The van der Waals surface area contributed by atoms with Gasteiger partial charge in [0.05, 0.1) is 6.10 Å². The van der Waals surface area contributed by atoms with Gasteiger partial charge in [-0.05, 0) is 147 Å². The number of carboxylic acid groups (broad SMARTS) is 1. The molecule has 0 radical (unpaired) electrons. The van der Waals surface area contributed by atoms with Crippen molar-refractivity contribution in [3.63, 3.8) is 0 Å². The maximum Gasteiger partial charge on any atom is 0.438 e. The fourth-order valence-electron chi connectivity index (χ4n) is 9.25. The number of aliphatic hydroxyl groups excluding tert-OH is 1. The van der Waals surface area contributed by atoms with E-state index in [1.54, 1.807) is 37.3 Å². The second kappa shape index (κ2) is 25.4. The van der Waals surface area contributed by atoms with Crippen molar-refractivity contribution < 1.29 is 96.9 Å². The normalized spacial score (nSPS) is 14.9. The molecule has 5 rings (SSSR count). The van der Waals surface area contributed by atoms with Crippen molar-refractivity contribution in [2.45, 2.75) is 166 Å². The van der Waals surface area contributed by atoms with E-state index in [0.29, 0.717) is 61.2 Å². The Kier molecular flexibility index (Phi) is 20.9. The number of benzene rings is 4. The highest BCUT2D eigenvalue weighted by Gasteiger charge is 2.71. The third-order valence-corrected chi connectivity index (χ3v) is 14.3. The minimum atomic E-state index is -6.03. The summed E-state index contributed by atoms with van der Waals surface area (Å²) in [7, 11) is 0. The van der Waals surface area contributed by atoms with Crippen LogP contribution in [-0.2, 0) is 25.2 Å². The van der Waals surface area contributed by atoms with Crippen LogP contribution in [0.3, 0.4) is 0 Å². The SMILES string of the molecule is CCC(CC)(c1ccc(C#CC(O)(C(F)(F)F)C(F)(F)F)c(C)c1)c1ccc(OC[C@H](O)CCC(=O)O)c(C)c1.CCC(CC)(c1ccc(C#CC(O)(C(F)(F)F)C(F)(F)F)c(C)c1)c1ccc(OC[C@H]2CCC(=O)O2)c(C)c1. The van der Waals surface area contributed by atoms with Crippen LogP contribution < -0.4 is 9.47 Å². The number of alkyl halides is 12. The Morgan fingerprint density at radius 1 is 0.595 bits per heavy atom. The second-order valence-corrected chi connectivity index (χ2v) is 19.4. The lowest BCUT2D eigenvalue weighted by Crippen LogP contribution is -2.55. The number of carbonyl (C=O) groups excluding carboxylic acids is 1. The number of carbonyl (C=O) groups is 2. The van der Waals surface area contributed by atoms with Crippen molar-refractivity contribution >= 4 is 11.9 Å². The van der Waals surface area contributed by atoms with Crippen LogP contribution in [0, 0.1) is 51.4 Å². The minimum Gasteiger partial charge on any atom is -0.491 e. The Hall–Kier alpha value is -6.42. The number of cyclic esters (lactones) is 1. The van der Waals surface area contributed by atoms with Crippen molar-refractivity contribution in [2.75, 3.05) is 13.2 Å². The molecule has 1 aliphatic heterocycles. The Bertz CT molecular complexity index is 2880. The van der Waals surface area contributed by atoms with Gasteiger partial charge in [0, 0.05) is 34.8 Å². The predicted octanol–water partition coefficient (Wildman–Crippen LogP) is 12.9. The number of rotatable bonds is 17. The molecule has 0 spiro atoms. The molecule has 432 valence electrons. The number of aryl methyl sites for hydroxylation is 4. The largest absolute Gasteiger partial charge is 0.491 e. The zero-order chi connectivity index (χ0) is 59.7. The van der Waals surface area contributed by atoms with Crippen molar-refractivity contribution in [3.8, 4) is 35.2 Å². The molecular weight excluding hydrogens is 1070 g/mol. The average Bonchev–Trinajstić information content (AvgIpc) is 3.79. The maximum absolute atomic E-state index is 13.0. The van der Waals surface area contributed by atoms with E-state index in [4.69, 9.17) is 19.3 Å². The predicted molar refractivity (Wildman–Crippen MR) is 268 cm³/mol. The van der Waals surface area contributed by atoms with Crippen molar-refractivity contribution in [1.29, 1.82) is 0 Å². The van der Waals surface area contributed by atoms with Gasteiger partial charge < -0.3 is 34.6 Å². The molecule has 1 fully saturated rings. The molecular formula is C58H62F12O9. The summed E-state index contributed by atoms with van der Waals surface area (Å²) >= 11 is 0. The van der Waals surface area contributed by atoms with E-state index in [9.17, 15) is 77.6 Å². The van der Waals surface area contributed by atoms with Crippen LogP contribution in [0.15, 0.2) is 72.8 Å². The summed E-state index contributed by atoms with van der Waals surface area (Å²) in [5, 5.41) is 37.4. The molecule has 0 unspecified atom stereocenters. The van der Waals surface area contributed by atoms with Gasteiger partial charge in [0.15, 0.2) is 0 Å². The molecule has 0 aromatic heterocycles. The smallest absolute Gasteiger partial charge is 0.438 e. The van der Waals surface area contributed by atoms with Gasteiger partial charge in [0.2, 0.25) is 0 Å². The number of aliphatic carboxylic acids is 1. The number of hydrogen-bond donors (Lipinski definition) is 4. The van der Waals surface area contributed by atoms with E-state index >= 15 is 0 Å². The van der Waals surface area contributed by atoms with E-state index in [0.717, 1.165) is 45.2 Å². The average molecular weight is 1130 g/mol. The Morgan fingerprint density at radius 2 is 0.949 bits per heavy atom. The Morgan fingerprint density at radius 3 is 1.25 bits per heavy atom. The number of hydrogen-bond acceptors (Lipinski definition) is 8. The van der Waals surface area contributed by atoms with E-state index in [2.05, 4.69) is 0 Å². The van der Waals surface area contributed by atoms with Gasteiger partial charge in [-0.1, -0.05) is 88.1 Å². The summed E-state index contributed by atoms with van der Waals surface area (Å²) < 4.78 is 173. The van der Waals surface area contributed by atoms with Gasteiger partial charge >= 0.3 is 47.8 Å². The van der Waals surface area contributed by atoms with E-state index in [-0.39, 0.29) is 49.3 Å². The first-order chi connectivity index (χ1) is 36.5. The first-order valence-electron chi connectivity index (χ1n) is 25.1. The zero-order valence-corrected chi connectivity index (χ0v) is 44.5. The van der Waals surface area contributed by atoms with Gasteiger partial charge in [0.25, 0.3) is 0 Å². The quantitative estimate of drug-likeness (QED) is 0.0462. The van der Waals surface area contributed by atoms with Gasteiger partial charge in [-0.3, -0.25) is 9.59 Å². The molecule has 0 saturated carbocycles. The van der Waals surface area contributed by atoms with Crippen molar-refractivity contribution in [2.24, 2.45) is 0 Å². The first-order valence-corrected chi connectivity index (χ1v) is 25.1. The van der Waals surface area contributed by atoms with Crippen molar-refractivity contribution in [3.05, 3.63) is 128 Å². The Balaban J connectivity index is 0.000000341. The monoisotopic (exact) mass is 1130 g/mol. The number of aliphatic hydroxyl groups is 3. The number of halogens is 12. The highest BCUT2D eigenvalue weighted by molar-refractivity contribution is 5.71. The van der Waals surface area contributed by atoms with E-state index in [1.807, 2.05) is 83.7 Å². The van der Waals surface area contributed by atoms with Crippen LogP contribution in [0.2, 0.25) is 0 Å². The highest BCUT2D eigenvalue weighted by atomic mass is 19.4. The molecule has 4 aromatic carbocycles. The van der Waals surface area contributed by atoms with Gasteiger partial charge in [0.1, 0.15) is 30.8 Å². The van der Waals surface area contributed by atoms with E-state index in [1.165, 1.54) is 19.1 Å². The third kappa shape index (κ3) is 14.7. The number of ether oxygens (including phenoxy) is 3. The molecule has 0 bridgehead atoms. The fraction of sp³-hybridized carbons (Fsp3) is 0.483. The molecule has 79 heavy (non-hydrogen) atoms. The van der Waals surface area contributed by atoms with Gasteiger partial charge in [-0.15, -0.1) is 0 Å². The Labute approximate surface area is 450 Å². The molecule has 1 saturated heterocycles. The van der Waals surface area contributed by atoms with Gasteiger partial charge in [-0.25, -0.2) is 0 Å². The van der Waals surface area contributed by atoms with Crippen LogP contribution in [0.1, 0.15) is 135 Å². The van der Waals surface area contributed by atoms with Crippen LogP contribution in [0.5, 0.6) is 11.5 Å². The molecule has 9 nitrogen and oxygen atoms in total. The maximum atomic E-state index is 13.0. The van der Waals surface area contributed by atoms with Crippen LogP contribution in [0.4, 0.5) is 52.7 Å². The molecule has 4 aromatic rings. The molecule has 2 atom stereocenters. The van der Waals surface area contributed by atoms with Crippen LogP contribution in [0.25, 0.3) is 0 Å². The van der Waals surface area contributed by atoms with Gasteiger partial charge in [-0.2, -0.15) is 52.7 Å². The standard InChI is InChI=1S/C29H32F6O5.C29H30F6O4/c1-5-26(6-2,22-9-11-24(19(4)16-22)40-17-23(36)10-12-25(37)38)21-8-7-20(18(3)15-21)13-14-27(39,28(30,31)32)29(33,34)35;1-5-26(6-2,22-9-11-24(19(4)16-22)38-17-23-10-12-25(36)39-23)21-8-7-20(18(3)15-21)13-14-27(37,28(30,31)32)29(33,34)35/h7-9,11,15-16,23,36,39H,5-6,10,12,17H2,1-4H3,(H,37,38);7-9,11,15-16,23,37H,5-6,10,12,17H2,1-4H3/t2*23-/m11/s1. The first kappa shape index (κ1) is 65.1. The summed E-state index contributed by atoms with van der Waals surface area (Å²) in [4.78, 5) is 22.0. The third-order valence-electron chi connectivity index (χ3n) is 14.3. The lowest BCUT2D eigenvalue weighted by Gasteiger charge is -2.34. The number of carboxylic acids is 1. The molecule has 0 amide bonds. The molecule has 4 N–H and O–H groups in total. The highest BCUT2D eigenvalue weighted by Crippen LogP contribution is 2.46. The summed E-state index contributed by atoms with van der Waals surface area (Å²) in [6, 6.07) is 20.5. The van der Waals surface area contributed by atoms with Crippen LogP contribution in [-0.4, -0.2) is 93.7 Å². The van der Waals surface area contributed by atoms with Crippen molar-refractivity contribution in [1.82, 2.24) is 0 Å². The summed E-state index contributed by atoms with van der Waals surface area (Å²) in [6.45, 7) is 14.8. The van der Waals surface area contributed by atoms with Crippen LogP contribution >= 0.6 is 0 Å². The second-order valence-electron chi connectivity index (χ2n) is 19.4. The zero-order valence-electron chi connectivity index (χ0n) is 44.5. The topological polar surface area (TPSA) is 143 Å². The lowest BCUT2D eigenvalue weighted by molar-refractivity contribution is -0.344. The molecule has 21 heteroatoms. The fourth-order valence-corrected chi connectivity index (χ4v) is 9.25. The summed E-state index contributed by atoms with van der Waals surface area (Å²) in [6.07, 6.45) is -21.9. The molecule has 0 aliphatic carbocycles. The molecule has 1 heterocycles. The summed E-state index contributed by atoms with van der Waals surface area (Å²) in [5.74, 6) is 5.65. The minimum absolute atomic E-state index is 0.0483. The van der Waals surface area contributed by atoms with E-state index < -0.39 is 58.8 Å². The summed E-state index contributed by atoms with van der Waals surface area (Å²) in [5.41, 5.74) is -5.69.